The number of carbonyl (C=O) groups is 1. The van der Waals surface area contributed by atoms with Crippen molar-refractivity contribution in [2.45, 2.75) is 6.54 Å². The molecular weight excluding hydrogens is 263 g/mol. The summed E-state index contributed by atoms with van der Waals surface area (Å²) in [5, 5.41) is 6.69. The molecule has 2 aromatic rings. The van der Waals surface area contributed by atoms with E-state index in [0.717, 1.165) is 6.07 Å². The molecular formula is C13H15FN4O2. The Bertz CT molecular complexity index is 639. The lowest BCUT2D eigenvalue weighted by atomic mass is 10.2. The molecule has 106 valence electrons. The van der Waals surface area contributed by atoms with Gasteiger partial charge in [-0.3, -0.25) is 9.48 Å². The molecule has 3 N–H and O–H groups in total. The van der Waals surface area contributed by atoms with Crippen molar-refractivity contribution < 1.29 is 13.9 Å². The molecule has 0 radical (unpaired) electrons. The van der Waals surface area contributed by atoms with Crippen LogP contribution in [0.25, 0.3) is 0 Å². The molecule has 0 atom stereocenters. The summed E-state index contributed by atoms with van der Waals surface area (Å²) >= 11 is 0. The van der Waals surface area contributed by atoms with Crippen molar-refractivity contribution in [3.05, 3.63) is 41.3 Å². The first-order valence-electron chi connectivity index (χ1n) is 5.92. The van der Waals surface area contributed by atoms with Gasteiger partial charge in [0, 0.05) is 30.9 Å². The number of amides is 1. The van der Waals surface area contributed by atoms with E-state index in [2.05, 4.69) is 10.4 Å². The molecule has 0 unspecified atom stereocenters. The van der Waals surface area contributed by atoms with Crippen molar-refractivity contribution in [1.82, 2.24) is 9.78 Å². The average Bonchev–Trinajstić information content (AvgIpc) is 2.78. The minimum atomic E-state index is -0.597. The van der Waals surface area contributed by atoms with Gasteiger partial charge in [0.1, 0.15) is 0 Å². The van der Waals surface area contributed by atoms with Gasteiger partial charge in [-0.15, -0.1) is 0 Å². The fourth-order valence-electron chi connectivity index (χ4n) is 1.78. The maximum absolute atomic E-state index is 13.6. The summed E-state index contributed by atoms with van der Waals surface area (Å²) in [5.41, 5.74) is 6.44. The third-order valence-electron chi connectivity index (χ3n) is 2.77. The molecule has 0 aliphatic heterocycles. The highest BCUT2D eigenvalue weighted by Crippen LogP contribution is 2.19. The van der Waals surface area contributed by atoms with Crippen molar-refractivity contribution in [3.8, 4) is 5.75 Å². The summed E-state index contributed by atoms with van der Waals surface area (Å²) in [6.45, 7) is 0.250. The molecule has 20 heavy (non-hydrogen) atoms. The molecule has 6 nitrogen and oxygen atoms in total. The van der Waals surface area contributed by atoms with Gasteiger partial charge in [-0.05, 0) is 18.2 Å². The van der Waals surface area contributed by atoms with Gasteiger partial charge < -0.3 is 15.8 Å². The zero-order chi connectivity index (χ0) is 14.7. The molecule has 0 saturated carbocycles. The van der Waals surface area contributed by atoms with E-state index in [0.29, 0.717) is 11.4 Å². The van der Waals surface area contributed by atoms with E-state index in [1.807, 2.05) is 0 Å². The SMILES string of the molecule is COc1ccc(C(=O)Nc2nn(C)cc2CN)cc1F. The average molecular weight is 278 g/mol. The topological polar surface area (TPSA) is 82.2 Å². The standard InChI is InChI=1S/C13H15FN4O2/c1-18-7-9(6-15)12(17-18)16-13(19)8-3-4-11(20-2)10(14)5-8/h3-5,7H,6,15H2,1-2H3,(H,16,17,19). The summed E-state index contributed by atoms with van der Waals surface area (Å²) in [4.78, 5) is 12.0. The molecule has 7 heteroatoms. The first kappa shape index (κ1) is 14.0. The molecule has 0 aliphatic rings. The molecule has 1 amide bonds. The second kappa shape index (κ2) is 5.70. The van der Waals surface area contributed by atoms with Crippen LogP contribution in [0.2, 0.25) is 0 Å². The molecule has 0 spiro atoms. The van der Waals surface area contributed by atoms with E-state index in [9.17, 15) is 9.18 Å². The van der Waals surface area contributed by atoms with E-state index >= 15 is 0 Å². The number of halogens is 1. The van der Waals surface area contributed by atoms with Gasteiger partial charge in [0.2, 0.25) is 0 Å². The van der Waals surface area contributed by atoms with Crippen LogP contribution in [0.3, 0.4) is 0 Å². The van der Waals surface area contributed by atoms with Crippen LogP contribution in [-0.4, -0.2) is 22.8 Å². The third kappa shape index (κ3) is 2.77. The number of aryl methyl sites for hydroxylation is 1. The molecule has 0 saturated heterocycles. The number of carbonyl (C=O) groups excluding carboxylic acids is 1. The lowest BCUT2D eigenvalue weighted by Gasteiger charge is -2.06. The number of methoxy groups -OCH3 is 1. The van der Waals surface area contributed by atoms with Gasteiger partial charge in [0.15, 0.2) is 17.4 Å². The highest BCUT2D eigenvalue weighted by Gasteiger charge is 2.14. The summed E-state index contributed by atoms with van der Waals surface area (Å²) < 4.78 is 19.9. The zero-order valence-corrected chi connectivity index (χ0v) is 11.2. The second-order valence-corrected chi connectivity index (χ2v) is 4.18. The number of aromatic nitrogens is 2. The van der Waals surface area contributed by atoms with Crippen LogP contribution >= 0.6 is 0 Å². The number of nitrogens with two attached hydrogens (primary N) is 1. The Morgan fingerprint density at radius 1 is 1.55 bits per heavy atom. The molecule has 0 aliphatic carbocycles. The van der Waals surface area contributed by atoms with Crippen molar-refractivity contribution >= 4 is 11.7 Å². The number of hydrogen-bond donors (Lipinski definition) is 2. The third-order valence-corrected chi connectivity index (χ3v) is 2.77. The van der Waals surface area contributed by atoms with Crippen LogP contribution in [0, 0.1) is 5.82 Å². The lowest BCUT2D eigenvalue weighted by Crippen LogP contribution is -2.14. The Hall–Kier alpha value is -2.41. The number of anilines is 1. The predicted molar refractivity (Wildman–Crippen MR) is 72.0 cm³/mol. The highest BCUT2D eigenvalue weighted by molar-refractivity contribution is 6.04. The number of ether oxygens (including phenoxy) is 1. The fraction of sp³-hybridized carbons (Fsp3) is 0.231. The maximum Gasteiger partial charge on any atom is 0.256 e. The monoisotopic (exact) mass is 278 g/mol. The Morgan fingerprint density at radius 2 is 2.30 bits per heavy atom. The molecule has 2 rings (SSSR count). The van der Waals surface area contributed by atoms with Gasteiger partial charge in [-0.25, -0.2) is 4.39 Å². The van der Waals surface area contributed by atoms with Crippen LogP contribution in [0.4, 0.5) is 10.2 Å². The van der Waals surface area contributed by atoms with Crippen molar-refractivity contribution in [2.75, 3.05) is 12.4 Å². The number of rotatable bonds is 4. The Morgan fingerprint density at radius 3 is 2.90 bits per heavy atom. The molecule has 0 fully saturated rings. The zero-order valence-electron chi connectivity index (χ0n) is 11.2. The van der Waals surface area contributed by atoms with Gasteiger partial charge in [-0.2, -0.15) is 5.10 Å². The first-order valence-corrected chi connectivity index (χ1v) is 5.92. The Labute approximate surface area is 115 Å². The van der Waals surface area contributed by atoms with Crippen LogP contribution in [0.1, 0.15) is 15.9 Å². The van der Waals surface area contributed by atoms with Gasteiger partial charge >= 0.3 is 0 Å². The van der Waals surface area contributed by atoms with Gasteiger partial charge in [0.05, 0.1) is 7.11 Å². The summed E-state index contributed by atoms with van der Waals surface area (Å²) in [7, 11) is 3.08. The number of nitrogens with zero attached hydrogens (tertiary/aromatic N) is 2. The predicted octanol–water partition coefficient (Wildman–Crippen LogP) is 1.28. The molecule has 0 bridgehead atoms. The minimum absolute atomic E-state index is 0.0852. The van der Waals surface area contributed by atoms with Crippen LogP contribution in [0.15, 0.2) is 24.4 Å². The van der Waals surface area contributed by atoms with E-state index in [1.165, 1.54) is 19.2 Å². The van der Waals surface area contributed by atoms with Gasteiger partial charge in [0.25, 0.3) is 5.91 Å². The molecule has 1 aromatic carbocycles. The first-order chi connectivity index (χ1) is 9.55. The van der Waals surface area contributed by atoms with Crippen LogP contribution in [0.5, 0.6) is 5.75 Å². The van der Waals surface area contributed by atoms with E-state index in [1.54, 1.807) is 17.9 Å². The minimum Gasteiger partial charge on any atom is -0.494 e. The van der Waals surface area contributed by atoms with Gasteiger partial charge in [-0.1, -0.05) is 0 Å². The normalized spacial score (nSPS) is 10.4. The van der Waals surface area contributed by atoms with Crippen molar-refractivity contribution in [2.24, 2.45) is 12.8 Å². The number of hydrogen-bond acceptors (Lipinski definition) is 4. The maximum atomic E-state index is 13.6. The number of benzene rings is 1. The highest BCUT2D eigenvalue weighted by atomic mass is 19.1. The van der Waals surface area contributed by atoms with Crippen LogP contribution < -0.4 is 15.8 Å². The fourth-order valence-corrected chi connectivity index (χ4v) is 1.78. The van der Waals surface area contributed by atoms with Crippen molar-refractivity contribution in [3.63, 3.8) is 0 Å². The van der Waals surface area contributed by atoms with Crippen LogP contribution in [-0.2, 0) is 13.6 Å². The van der Waals surface area contributed by atoms with Crippen molar-refractivity contribution in [1.29, 1.82) is 0 Å². The second-order valence-electron chi connectivity index (χ2n) is 4.18. The lowest BCUT2D eigenvalue weighted by molar-refractivity contribution is 0.102. The largest absolute Gasteiger partial charge is 0.494 e. The Kier molecular flexibility index (Phi) is 3.99. The summed E-state index contributed by atoms with van der Waals surface area (Å²) in [6.07, 6.45) is 1.71. The number of nitrogens with one attached hydrogen (secondary N) is 1. The summed E-state index contributed by atoms with van der Waals surface area (Å²) in [6, 6.07) is 3.98. The molecule has 1 aromatic heterocycles. The van der Waals surface area contributed by atoms with E-state index in [-0.39, 0.29) is 17.9 Å². The summed E-state index contributed by atoms with van der Waals surface area (Å²) in [5.74, 6) is -0.599. The Balaban J connectivity index is 2.21. The molecule has 1 heterocycles. The quantitative estimate of drug-likeness (QED) is 0.882. The smallest absolute Gasteiger partial charge is 0.256 e. The van der Waals surface area contributed by atoms with E-state index in [4.69, 9.17) is 10.5 Å². The van der Waals surface area contributed by atoms with E-state index < -0.39 is 11.7 Å².